The average molecular weight is 375 g/mol. The van der Waals surface area contributed by atoms with Gasteiger partial charge in [0.2, 0.25) is 0 Å². The number of carbonyl (C=O) groups is 1. The number of pyridine rings is 1. The van der Waals surface area contributed by atoms with Gasteiger partial charge < -0.3 is 15.4 Å². The lowest BCUT2D eigenvalue weighted by Gasteiger charge is -2.11. The number of amides is 1. The molecule has 2 aromatic carbocycles. The molecule has 0 aliphatic rings. The molecule has 0 spiro atoms. The molecule has 5 heteroatoms. The van der Waals surface area contributed by atoms with Crippen molar-refractivity contribution in [1.29, 1.82) is 0 Å². The van der Waals surface area contributed by atoms with E-state index in [-0.39, 0.29) is 5.91 Å². The molecule has 0 fully saturated rings. The number of para-hydroxylation sites is 1. The Labute approximate surface area is 165 Å². The number of methoxy groups -OCH3 is 1. The Balaban J connectivity index is 1.57. The van der Waals surface area contributed by atoms with E-state index < -0.39 is 0 Å². The second-order valence-electron chi connectivity index (χ2n) is 6.62. The van der Waals surface area contributed by atoms with Crippen LogP contribution in [-0.4, -0.2) is 24.5 Å². The molecular formula is C23H25N3O2. The van der Waals surface area contributed by atoms with Crippen molar-refractivity contribution >= 4 is 17.3 Å². The molecule has 2 N–H and O–H groups in total. The van der Waals surface area contributed by atoms with Gasteiger partial charge in [-0.2, -0.15) is 0 Å². The van der Waals surface area contributed by atoms with Gasteiger partial charge in [0, 0.05) is 12.2 Å². The number of hydrogen-bond donors (Lipinski definition) is 2. The van der Waals surface area contributed by atoms with Gasteiger partial charge in [0.05, 0.1) is 19.0 Å². The highest BCUT2D eigenvalue weighted by molar-refractivity contribution is 6.03. The Kier molecular flexibility index (Phi) is 6.27. The SMILES string of the molecule is COc1ccccc1CCNc1ccc(C(=O)Nc2cccc(C)c2C)nc1. The molecule has 0 atom stereocenters. The first-order valence-corrected chi connectivity index (χ1v) is 9.28. The van der Waals surface area contributed by atoms with Crippen molar-refractivity contribution in [3.63, 3.8) is 0 Å². The van der Waals surface area contributed by atoms with E-state index in [9.17, 15) is 4.79 Å². The first-order valence-electron chi connectivity index (χ1n) is 9.28. The number of ether oxygens (including phenoxy) is 1. The van der Waals surface area contributed by atoms with Gasteiger partial charge >= 0.3 is 0 Å². The van der Waals surface area contributed by atoms with Crippen LogP contribution in [0.2, 0.25) is 0 Å². The van der Waals surface area contributed by atoms with Gasteiger partial charge in [-0.25, -0.2) is 4.98 Å². The third-order valence-corrected chi connectivity index (χ3v) is 4.76. The number of rotatable bonds is 7. The Morgan fingerprint density at radius 1 is 1.04 bits per heavy atom. The molecule has 0 bridgehead atoms. The molecule has 5 nitrogen and oxygen atoms in total. The zero-order chi connectivity index (χ0) is 19.9. The summed E-state index contributed by atoms with van der Waals surface area (Å²) in [6, 6.07) is 17.4. The predicted molar refractivity (Wildman–Crippen MR) is 113 cm³/mol. The highest BCUT2D eigenvalue weighted by atomic mass is 16.5. The summed E-state index contributed by atoms with van der Waals surface area (Å²) in [7, 11) is 1.68. The van der Waals surface area contributed by atoms with Gasteiger partial charge in [0.25, 0.3) is 5.91 Å². The van der Waals surface area contributed by atoms with E-state index in [0.717, 1.165) is 46.8 Å². The summed E-state index contributed by atoms with van der Waals surface area (Å²) >= 11 is 0. The minimum absolute atomic E-state index is 0.214. The Bertz CT molecular complexity index is 952. The molecule has 1 amide bonds. The second-order valence-corrected chi connectivity index (χ2v) is 6.62. The number of nitrogens with one attached hydrogen (secondary N) is 2. The molecule has 144 valence electrons. The normalized spacial score (nSPS) is 10.4. The molecule has 0 aliphatic carbocycles. The van der Waals surface area contributed by atoms with Gasteiger partial charge in [0.15, 0.2) is 0 Å². The number of nitrogens with zero attached hydrogens (tertiary/aromatic N) is 1. The highest BCUT2D eigenvalue weighted by Gasteiger charge is 2.10. The van der Waals surface area contributed by atoms with Crippen molar-refractivity contribution in [2.75, 3.05) is 24.3 Å². The van der Waals surface area contributed by atoms with Crippen LogP contribution < -0.4 is 15.4 Å². The lowest BCUT2D eigenvalue weighted by atomic mass is 10.1. The monoisotopic (exact) mass is 375 g/mol. The zero-order valence-electron chi connectivity index (χ0n) is 16.5. The van der Waals surface area contributed by atoms with E-state index in [1.165, 1.54) is 0 Å². The third kappa shape index (κ3) is 4.68. The number of hydrogen-bond acceptors (Lipinski definition) is 4. The number of carbonyl (C=O) groups excluding carboxylic acids is 1. The predicted octanol–water partition coefficient (Wildman–Crippen LogP) is 4.61. The minimum atomic E-state index is -0.214. The maximum atomic E-state index is 12.5. The van der Waals surface area contributed by atoms with Gasteiger partial charge in [-0.05, 0) is 61.2 Å². The van der Waals surface area contributed by atoms with E-state index in [1.54, 1.807) is 19.4 Å². The minimum Gasteiger partial charge on any atom is -0.496 e. The Hall–Kier alpha value is -3.34. The molecule has 0 saturated heterocycles. The van der Waals surface area contributed by atoms with Crippen LogP contribution in [0.3, 0.4) is 0 Å². The number of aromatic nitrogens is 1. The summed E-state index contributed by atoms with van der Waals surface area (Å²) in [4.78, 5) is 16.7. The number of anilines is 2. The van der Waals surface area contributed by atoms with Crippen LogP contribution in [-0.2, 0) is 6.42 Å². The van der Waals surface area contributed by atoms with Crippen LogP contribution in [0.5, 0.6) is 5.75 Å². The average Bonchev–Trinajstić information content (AvgIpc) is 2.72. The fraction of sp³-hybridized carbons (Fsp3) is 0.217. The molecule has 0 radical (unpaired) electrons. The maximum Gasteiger partial charge on any atom is 0.274 e. The van der Waals surface area contributed by atoms with Crippen molar-refractivity contribution in [3.8, 4) is 5.75 Å². The van der Waals surface area contributed by atoms with Crippen LogP contribution in [0.1, 0.15) is 27.2 Å². The van der Waals surface area contributed by atoms with Crippen LogP contribution in [0.4, 0.5) is 11.4 Å². The molecule has 1 heterocycles. The van der Waals surface area contributed by atoms with Crippen LogP contribution in [0, 0.1) is 13.8 Å². The van der Waals surface area contributed by atoms with E-state index >= 15 is 0 Å². The largest absolute Gasteiger partial charge is 0.496 e. The fourth-order valence-corrected chi connectivity index (χ4v) is 2.96. The summed E-state index contributed by atoms with van der Waals surface area (Å²) in [5.41, 5.74) is 5.42. The van der Waals surface area contributed by atoms with Gasteiger partial charge in [-0.1, -0.05) is 30.3 Å². The first kappa shape index (κ1) is 19.4. The van der Waals surface area contributed by atoms with Crippen LogP contribution in [0.25, 0.3) is 0 Å². The van der Waals surface area contributed by atoms with Crippen molar-refractivity contribution in [3.05, 3.63) is 83.2 Å². The van der Waals surface area contributed by atoms with E-state index in [4.69, 9.17) is 4.74 Å². The number of benzene rings is 2. The Morgan fingerprint density at radius 2 is 1.86 bits per heavy atom. The highest BCUT2D eigenvalue weighted by Crippen LogP contribution is 2.19. The first-order chi connectivity index (χ1) is 13.6. The molecule has 1 aromatic heterocycles. The van der Waals surface area contributed by atoms with Crippen molar-refractivity contribution in [2.24, 2.45) is 0 Å². The van der Waals surface area contributed by atoms with Crippen LogP contribution in [0.15, 0.2) is 60.8 Å². The van der Waals surface area contributed by atoms with E-state index in [0.29, 0.717) is 5.69 Å². The lowest BCUT2D eigenvalue weighted by Crippen LogP contribution is -2.15. The molecule has 3 rings (SSSR count). The van der Waals surface area contributed by atoms with Crippen molar-refractivity contribution < 1.29 is 9.53 Å². The lowest BCUT2D eigenvalue weighted by molar-refractivity contribution is 0.102. The second kappa shape index (κ2) is 9.04. The van der Waals surface area contributed by atoms with Crippen molar-refractivity contribution in [1.82, 2.24) is 4.98 Å². The molecular weight excluding hydrogens is 350 g/mol. The smallest absolute Gasteiger partial charge is 0.274 e. The van der Waals surface area contributed by atoms with Crippen molar-refractivity contribution in [2.45, 2.75) is 20.3 Å². The third-order valence-electron chi connectivity index (χ3n) is 4.76. The topological polar surface area (TPSA) is 63.2 Å². The summed E-state index contributed by atoms with van der Waals surface area (Å²) in [6.07, 6.45) is 2.51. The van der Waals surface area contributed by atoms with Gasteiger partial charge in [-0.15, -0.1) is 0 Å². The molecule has 3 aromatic rings. The molecule has 0 saturated carbocycles. The molecule has 0 unspecified atom stereocenters. The molecule has 28 heavy (non-hydrogen) atoms. The zero-order valence-corrected chi connectivity index (χ0v) is 16.5. The summed E-state index contributed by atoms with van der Waals surface area (Å²) in [5, 5.41) is 6.26. The van der Waals surface area contributed by atoms with Gasteiger partial charge in [0.1, 0.15) is 11.4 Å². The van der Waals surface area contributed by atoms with E-state index in [1.807, 2.05) is 56.3 Å². The summed E-state index contributed by atoms with van der Waals surface area (Å²) < 4.78 is 5.37. The van der Waals surface area contributed by atoms with E-state index in [2.05, 4.69) is 21.7 Å². The quantitative estimate of drug-likeness (QED) is 0.633. The summed E-state index contributed by atoms with van der Waals surface area (Å²) in [6.45, 7) is 4.76. The maximum absolute atomic E-state index is 12.5. The standard InChI is InChI=1S/C23H25N3O2/c1-16-7-6-9-20(17(16)2)26-23(27)21-12-11-19(15-25-21)24-14-13-18-8-4-5-10-22(18)28-3/h4-12,15,24H,13-14H2,1-3H3,(H,26,27). The number of aryl methyl sites for hydroxylation is 1. The fourth-order valence-electron chi connectivity index (χ4n) is 2.96. The van der Waals surface area contributed by atoms with Crippen LogP contribution >= 0.6 is 0 Å². The Morgan fingerprint density at radius 3 is 2.61 bits per heavy atom. The summed E-state index contributed by atoms with van der Waals surface area (Å²) in [5.74, 6) is 0.676. The van der Waals surface area contributed by atoms with Gasteiger partial charge in [-0.3, -0.25) is 4.79 Å². The molecule has 0 aliphatic heterocycles.